The Morgan fingerprint density at radius 3 is 2.55 bits per heavy atom. The summed E-state index contributed by atoms with van der Waals surface area (Å²) in [6.07, 6.45) is 3.81. The standard InChI is InChI=1S/C24H25ClN2O2/c1-15(2)16-4-10-21-17(12-16)14-27(24(21)28)18-5-7-19(8-6-18)29-20-9-11-23(26-3)22(25)13-20/h4,9-13,15,18-19H,5-8,14H2,1-2H3. The van der Waals surface area contributed by atoms with Crippen LogP contribution in [0.5, 0.6) is 5.75 Å². The Hall–Kier alpha value is -2.51. The van der Waals surface area contributed by atoms with Crippen LogP contribution < -0.4 is 4.74 Å². The minimum Gasteiger partial charge on any atom is -0.490 e. The molecular weight excluding hydrogens is 384 g/mol. The van der Waals surface area contributed by atoms with Gasteiger partial charge in [-0.25, -0.2) is 4.85 Å². The molecule has 2 aromatic carbocycles. The normalized spacial score (nSPS) is 21.2. The van der Waals surface area contributed by atoms with E-state index >= 15 is 0 Å². The Kier molecular flexibility index (Phi) is 5.52. The van der Waals surface area contributed by atoms with Gasteiger partial charge in [0.05, 0.1) is 17.7 Å². The Balaban J connectivity index is 1.37. The van der Waals surface area contributed by atoms with Gasteiger partial charge in [0.15, 0.2) is 0 Å². The Morgan fingerprint density at radius 1 is 1.14 bits per heavy atom. The van der Waals surface area contributed by atoms with E-state index in [2.05, 4.69) is 30.8 Å². The van der Waals surface area contributed by atoms with Crippen LogP contribution in [0.1, 0.15) is 66.9 Å². The second-order valence-corrected chi connectivity index (χ2v) is 8.68. The summed E-state index contributed by atoms with van der Waals surface area (Å²) in [5, 5.41) is 0.424. The molecule has 1 amide bonds. The van der Waals surface area contributed by atoms with E-state index in [1.807, 2.05) is 11.0 Å². The van der Waals surface area contributed by atoms with Crippen LogP contribution in [0.2, 0.25) is 5.02 Å². The number of hydrogen-bond acceptors (Lipinski definition) is 2. The van der Waals surface area contributed by atoms with E-state index in [9.17, 15) is 4.79 Å². The molecule has 1 fully saturated rings. The molecule has 1 heterocycles. The first-order valence-electron chi connectivity index (χ1n) is 10.2. The molecule has 4 nitrogen and oxygen atoms in total. The van der Waals surface area contributed by atoms with Crippen molar-refractivity contribution in [2.24, 2.45) is 0 Å². The lowest BCUT2D eigenvalue weighted by Crippen LogP contribution is -2.40. The van der Waals surface area contributed by atoms with Crippen molar-refractivity contribution in [2.45, 2.75) is 64.1 Å². The molecule has 0 spiro atoms. The van der Waals surface area contributed by atoms with Crippen LogP contribution in [0.4, 0.5) is 5.69 Å². The monoisotopic (exact) mass is 408 g/mol. The number of carbonyl (C=O) groups is 1. The Morgan fingerprint density at radius 2 is 1.90 bits per heavy atom. The SMILES string of the molecule is [C-]#[N+]c1ccc(OC2CCC(N3Cc4cc(C(C)C)ccc4C3=O)CC2)cc1Cl. The molecule has 150 valence electrons. The lowest BCUT2D eigenvalue weighted by Gasteiger charge is -2.34. The Labute approximate surface area is 177 Å². The topological polar surface area (TPSA) is 33.9 Å². The molecule has 1 aliphatic carbocycles. The van der Waals surface area contributed by atoms with Gasteiger partial charge in [0.1, 0.15) is 5.75 Å². The van der Waals surface area contributed by atoms with E-state index < -0.39 is 0 Å². The van der Waals surface area contributed by atoms with Crippen molar-refractivity contribution < 1.29 is 9.53 Å². The first-order chi connectivity index (χ1) is 14.0. The van der Waals surface area contributed by atoms with Gasteiger partial charge >= 0.3 is 0 Å². The van der Waals surface area contributed by atoms with Crippen molar-refractivity contribution in [1.29, 1.82) is 0 Å². The van der Waals surface area contributed by atoms with Crippen LogP contribution >= 0.6 is 11.6 Å². The van der Waals surface area contributed by atoms with Gasteiger partial charge in [0.2, 0.25) is 5.69 Å². The fourth-order valence-electron chi connectivity index (χ4n) is 4.34. The summed E-state index contributed by atoms with van der Waals surface area (Å²) in [6.45, 7) is 12.2. The second kappa shape index (κ2) is 8.08. The highest BCUT2D eigenvalue weighted by Gasteiger charge is 2.35. The first-order valence-corrected chi connectivity index (χ1v) is 10.6. The quantitative estimate of drug-likeness (QED) is 0.551. The molecule has 0 bridgehead atoms. The average molecular weight is 409 g/mol. The third-order valence-corrected chi connectivity index (χ3v) is 6.36. The first kappa shape index (κ1) is 19.8. The van der Waals surface area contributed by atoms with Crippen LogP contribution in [0.15, 0.2) is 36.4 Å². The number of fused-ring (bicyclic) bond motifs is 1. The molecule has 2 aromatic rings. The van der Waals surface area contributed by atoms with Crippen molar-refractivity contribution >= 4 is 23.2 Å². The summed E-state index contributed by atoms with van der Waals surface area (Å²) >= 11 is 6.11. The van der Waals surface area contributed by atoms with E-state index in [0.29, 0.717) is 22.4 Å². The predicted octanol–water partition coefficient (Wildman–Crippen LogP) is 6.36. The predicted molar refractivity (Wildman–Crippen MR) is 115 cm³/mol. The van der Waals surface area contributed by atoms with Crippen molar-refractivity contribution in [3.8, 4) is 5.75 Å². The highest BCUT2D eigenvalue weighted by molar-refractivity contribution is 6.33. The summed E-state index contributed by atoms with van der Waals surface area (Å²) in [4.78, 5) is 18.3. The van der Waals surface area contributed by atoms with Crippen molar-refractivity contribution in [1.82, 2.24) is 4.90 Å². The average Bonchev–Trinajstić information content (AvgIpc) is 3.05. The number of ether oxygens (including phenoxy) is 1. The van der Waals surface area contributed by atoms with Gasteiger partial charge in [0, 0.05) is 18.2 Å². The summed E-state index contributed by atoms with van der Waals surface area (Å²) in [5.74, 6) is 1.34. The fourth-order valence-corrected chi connectivity index (χ4v) is 4.55. The van der Waals surface area contributed by atoms with Gasteiger partial charge < -0.3 is 9.64 Å². The van der Waals surface area contributed by atoms with Crippen LogP contribution in [0, 0.1) is 6.57 Å². The highest BCUT2D eigenvalue weighted by Crippen LogP contribution is 2.35. The lowest BCUT2D eigenvalue weighted by molar-refractivity contribution is 0.0561. The van der Waals surface area contributed by atoms with E-state index in [4.69, 9.17) is 22.9 Å². The minimum absolute atomic E-state index is 0.119. The molecule has 0 saturated heterocycles. The van der Waals surface area contributed by atoms with Gasteiger partial charge in [-0.2, -0.15) is 0 Å². The second-order valence-electron chi connectivity index (χ2n) is 8.28. The zero-order valence-electron chi connectivity index (χ0n) is 16.8. The maximum atomic E-state index is 12.9. The van der Waals surface area contributed by atoms with E-state index in [0.717, 1.165) is 43.4 Å². The lowest BCUT2D eigenvalue weighted by atomic mass is 9.92. The molecule has 5 heteroatoms. The summed E-state index contributed by atoms with van der Waals surface area (Å²) in [6, 6.07) is 11.8. The minimum atomic E-state index is 0.119. The molecule has 0 atom stereocenters. The summed E-state index contributed by atoms with van der Waals surface area (Å²) in [5.41, 5.74) is 3.75. The van der Waals surface area contributed by atoms with Crippen LogP contribution in [0.3, 0.4) is 0 Å². The van der Waals surface area contributed by atoms with E-state index in [1.165, 1.54) is 5.56 Å². The number of benzene rings is 2. The molecule has 4 rings (SSSR count). The highest BCUT2D eigenvalue weighted by atomic mass is 35.5. The molecule has 1 saturated carbocycles. The van der Waals surface area contributed by atoms with Crippen molar-refractivity contribution in [3.63, 3.8) is 0 Å². The van der Waals surface area contributed by atoms with Gasteiger partial charge in [-0.1, -0.05) is 43.6 Å². The van der Waals surface area contributed by atoms with E-state index in [-0.39, 0.29) is 18.1 Å². The van der Waals surface area contributed by atoms with Gasteiger partial charge in [-0.3, -0.25) is 4.79 Å². The fraction of sp³-hybridized carbons (Fsp3) is 0.417. The largest absolute Gasteiger partial charge is 0.490 e. The number of amides is 1. The number of halogens is 1. The molecule has 2 aliphatic rings. The number of nitrogens with zero attached hydrogens (tertiary/aromatic N) is 2. The maximum Gasteiger partial charge on any atom is 0.254 e. The zero-order chi connectivity index (χ0) is 20.5. The molecule has 0 aromatic heterocycles. The van der Waals surface area contributed by atoms with E-state index in [1.54, 1.807) is 18.2 Å². The van der Waals surface area contributed by atoms with Crippen LogP contribution in [-0.4, -0.2) is 23.0 Å². The third kappa shape index (κ3) is 3.97. The number of hydrogen-bond donors (Lipinski definition) is 0. The summed E-state index contributed by atoms with van der Waals surface area (Å²) < 4.78 is 6.09. The van der Waals surface area contributed by atoms with Crippen LogP contribution in [-0.2, 0) is 6.54 Å². The summed E-state index contributed by atoms with van der Waals surface area (Å²) in [7, 11) is 0. The van der Waals surface area contributed by atoms with Gasteiger partial charge in [-0.05, 0) is 60.9 Å². The maximum absolute atomic E-state index is 12.9. The number of carbonyl (C=O) groups excluding carboxylic acids is 1. The van der Waals surface area contributed by atoms with Crippen molar-refractivity contribution in [3.05, 3.63) is 69.5 Å². The zero-order valence-corrected chi connectivity index (χ0v) is 17.6. The van der Waals surface area contributed by atoms with Crippen LogP contribution in [0.25, 0.3) is 4.85 Å². The van der Waals surface area contributed by atoms with Gasteiger partial charge in [-0.15, -0.1) is 0 Å². The smallest absolute Gasteiger partial charge is 0.254 e. The Bertz CT molecular complexity index is 971. The van der Waals surface area contributed by atoms with Gasteiger partial charge in [0.25, 0.3) is 5.91 Å². The van der Waals surface area contributed by atoms with Crippen molar-refractivity contribution in [2.75, 3.05) is 0 Å². The molecular formula is C24H25ClN2O2. The molecule has 0 unspecified atom stereocenters. The molecule has 1 aliphatic heterocycles. The third-order valence-electron chi connectivity index (χ3n) is 6.05. The number of rotatable bonds is 4. The molecule has 0 radical (unpaired) electrons. The molecule has 29 heavy (non-hydrogen) atoms. The molecule has 0 N–H and O–H groups in total.